The second kappa shape index (κ2) is 6.96. The predicted octanol–water partition coefficient (Wildman–Crippen LogP) is 1.01. The van der Waals surface area contributed by atoms with E-state index in [-0.39, 0.29) is 6.61 Å². The minimum absolute atomic E-state index is 0.165. The van der Waals surface area contributed by atoms with Crippen LogP contribution in [0.4, 0.5) is 0 Å². The van der Waals surface area contributed by atoms with Crippen molar-refractivity contribution in [1.82, 2.24) is 4.90 Å². The normalized spacial score (nSPS) is 20.4. The lowest BCUT2D eigenvalue weighted by molar-refractivity contribution is 0.264. The van der Waals surface area contributed by atoms with Crippen molar-refractivity contribution in [1.29, 1.82) is 0 Å². The van der Waals surface area contributed by atoms with E-state index in [4.69, 9.17) is 5.11 Å². The summed E-state index contributed by atoms with van der Waals surface area (Å²) in [7, 11) is -3.07. The van der Waals surface area contributed by atoms with Gasteiger partial charge in [0.1, 0.15) is 12.0 Å². The molecule has 1 N–H and O–H groups in total. The van der Waals surface area contributed by atoms with Gasteiger partial charge in [0.15, 0.2) is 9.84 Å². The van der Waals surface area contributed by atoms with Crippen molar-refractivity contribution < 1.29 is 13.5 Å². The second-order valence-electron chi connectivity index (χ2n) is 4.55. The minimum atomic E-state index is -3.07. The Hall–Kier alpha value is -0.520. The van der Waals surface area contributed by atoms with E-state index < -0.39 is 15.2 Å². The molecule has 4 nitrogen and oxygen atoms in total. The number of hydrogen-bond donors (Lipinski definition) is 1. The Labute approximate surface area is 128 Å². The van der Waals surface area contributed by atoms with Gasteiger partial charge in [0, 0.05) is 41.3 Å². The molecule has 0 amide bonds. The molecule has 2 rings (SSSR count). The van der Waals surface area contributed by atoms with Gasteiger partial charge in [-0.2, -0.15) is 11.8 Å². The molecule has 1 aliphatic heterocycles. The smallest absolute Gasteiger partial charge is 0.164 e. The van der Waals surface area contributed by atoms with Gasteiger partial charge >= 0.3 is 0 Å². The van der Waals surface area contributed by atoms with Crippen molar-refractivity contribution in [2.45, 2.75) is 11.9 Å². The van der Waals surface area contributed by atoms with Gasteiger partial charge in [0.2, 0.25) is 0 Å². The zero-order valence-electron chi connectivity index (χ0n) is 11.2. The molecule has 1 unspecified atom stereocenters. The number of nitrogens with zero attached hydrogens (tertiary/aromatic N) is 1. The third kappa shape index (κ3) is 3.99. The summed E-state index contributed by atoms with van der Waals surface area (Å²) in [6.45, 7) is 1.21. The summed E-state index contributed by atoms with van der Waals surface area (Å²) < 4.78 is 23.7. The molecule has 7 heteroatoms. The van der Waals surface area contributed by atoms with Gasteiger partial charge in [-0.3, -0.25) is 4.90 Å². The standard InChI is InChI=1S/C13H17NO3S3/c1-20(16,17)13-10-18-8-5-14(13)9-12-11(3-2-6-15)4-7-19-12/h4,7,13,15H,5-6,8-10H2,1H3. The fourth-order valence-corrected chi connectivity index (χ4v) is 5.88. The van der Waals surface area contributed by atoms with Crippen LogP contribution in [0, 0.1) is 11.8 Å². The molecule has 0 spiro atoms. The van der Waals surface area contributed by atoms with E-state index in [2.05, 4.69) is 11.8 Å². The monoisotopic (exact) mass is 331 g/mol. The molecule has 0 aromatic carbocycles. The Balaban J connectivity index is 2.17. The molecule has 1 aromatic heterocycles. The predicted molar refractivity (Wildman–Crippen MR) is 84.6 cm³/mol. The van der Waals surface area contributed by atoms with E-state index in [1.807, 2.05) is 16.3 Å². The van der Waals surface area contributed by atoms with Gasteiger partial charge in [-0.25, -0.2) is 8.42 Å². The summed E-state index contributed by atoms with van der Waals surface area (Å²) in [5.41, 5.74) is 0.884. The van der Waals surface area contributed by atoms with Crippen molar-refractivity contribution in [3.8, 4) is 11.8 Å². The zero-order valence-corrected chi connectivity index (χ0v) is 13.7. The number of aliphatic hydroxyl groups is 1. The summed E-state index contributed by atoms with van der Waals surface area (Å²) in [4.78, 5) is 3.08. The van der Waals surface area contributed by atoms with Crippen LogP contribution in [0.25, 0.3) is 0 Å². The highest BCUT2D eigenvalue weighted by molar-refractivity contribution is 8.00. The van der Waals surface area contributed by atoms with Crippen molar-refractivity contribution in [2.75, 3.05) is 30.9 Å². The van der Waals surface area contributed by atoms with Gasteiger partial charge in [-0.05, 0) is 11.4 Å². The highest BCUT2D eigenvalue weighted by Gasteiger charge is 2.31. The molecule has 0 saturated carbocycles. The number of rotatable bonds is 3. The number of hydrogen-bond acceptors (Lipinski definition) is 6. The third-order valence-corrected chi connectivity index (χ3v) is 6.67. The average Bonchev–Trinajstić information content (AvgIpc) is 2.83. The molecule has 1 atom stereocenters. The molecule has 20 heavy (non-hydrogen) atoms. The Bertz CT molecular complexity index is 612. The highest BCUT2D eigenvalue weighted by atomic mass is 32.2. The molecular weight excluding hydrogens is 314 g/mol. The lowest BCUT2D eigenvalue weighted by atomic mass is 10.2. The largest absolute Gasteiger partial charge is 0.384 e. The molecule has 1 aromatic rings. The Morgan fingerprint density at radius 2 is 2.35 bits per heavy atom. The van der Waals surface area contributed by atoms with Crippen molar-refractivity contribution >= 4 is 32.9 Å². The first-order valence-corrected chi connectivity index (χ1v) is 10.2. The number of thioether (sulfide) groups is 1. The quantitative estimate of drug-likeness (QED) is 0.838. The van der Waals surface area contributed by atoms with Crippen LogP contribution in [0.1, 0.15) is 10.4 Å². The van der Waals surface area contributed by atoms with Crippen molar-refractivity contribution in [3.63, 3.8) is 0 Å². The van der Waals surface area contributed by atoms with E-state index in [0.29, 0.717) is 12.3 Å². The number of sulfone groups is 1. The fraction of sp³-hybridized carbons (Fsp3) is 0.538. The van der Waals surface area contributed by atoms with Gasteiger partial charge in [-0.1, -0.05) is 11.8 Å². The first kappa shape index (κ1) is 15.9. The Morgan fingerprint density at radius 1 is 1.55 bits per heavy atom. The van der Waals surface area contributed by atoms with E-state index >= 15 is 0 Å². The average molecular weight is 331 g/mol. The Morgan fingerprint density at radius 3 is 3.05 bits per heavy atom. The number of aliphatic hydroxyl groups excluding tert-OH is 1. The van der Waals surface area contributed by atoms with Crippen LogP contribution in [-0.4, -0.2) is 54.7 Å². The zero-order chi connectivity index (χ0) is 14.6. The van der Waals surface area contributed by atoms with Crippen LogP contribution in [-0.2, 0) is 16.4 Å². The third-order valence-electron chi connectivity index (χ3n) is 3.08. The van der Waals surface area contributed by atoms with Crippen LogP contribution >= 0.6 is 23.1 Å². The van der Waals surface area contributed by atoms with Gasteiger partial charge < -0.3 is 5.11 Å². The molecule has 1 saturated heterocycles. The lowest BCUT2D eigenvalue weighted by Gasteiger charge is -2.33. The van der Waals surface area contributed by atoms with Gasteiger partial charge in [0.25, 0.3) is 0 Å². The van der Waals surface area contributed by atoms with Crippen molar-refractivity contribution in [3.05, 3.63) is 21.9 Å². The molecule has 0 aliphatic carbocycles. The van der Waals surface area contributed by atoms with Crippen LogP contribution in [0.3, 0.4) is 0 Å². The first-order chi connectivity index (χ1) is 9.52. The maximum atomic E-state index is 11.9. The van der Waals surface area contributed by atoms with Crippen LogP contribution < -0.4 is 0 Å². The molecule has 2 heterocycles. The van der Waals surface area contributed by atoms with Crippen LogP contribution in [0.15, 0.2) is 11.4 Å². The summed E-state index contributed by atoms with van der Waals surface area (Å²) >= 11 is 3.26. The van der Waals surface area contributed by atoms with Gasteiger partial charge in [-0.15, -0.1) is 11.3 Å². The van der Waals surface area contributed by atoms with Gasteiger partial charge in [0.05, 0.1) is 0 Å². The lowest BCUT2D eigenvalue weighted by Crippen LogP contribution is -2.46. The van der Waals surface area contributed by atoms with E-state index in [9.17, 15) is 8.42 Å². The molecule has 110 valence electrons. The number of thiophene rings is 1. The summed E-state index contributed by atoms with van der Waals surface area (Å²) in [6.07, 6.45) is 1.30. The molecule has 0 bridgehead atoms. The van der Waals surface area contributed by atoms with E-state index in [1.165, 1.54) is 6.26 Å². The Kier molecular flexibility index (Phi) is 5.52. The molecule has 0 radical (unpaired) electrons. The topological polar surface area (TPSA) is 57.6 Å². The summed E-state index contributed by atoms with van der Waals surface area (Å²) in [5.74, 6) is 7.14. The van der Waals surface area contributed by atoms with Crippen molar-refractivity contribution in [2.24, 2.45) is 0 Å². The first-order valence-electron chi connectivity index (χ1n) is 6.19. The molecule has 1 aliphatic rings. The summed E-state index contributed by atoms with van der Waals surface area (Å²) in [5, 5.41) is 10.3. The SMILES string of the molecule is CS(=O)(=O)C1CSCCN1Cc1sccc1C#CCO. The minimum Gasteiger partial charge on any atom is -0.384 e. The van der Waals surface area contributed by atoms with Crippen LogP contribution in [0.5, 0.6) is 0 Å². The fourth-order valence-electron chi connectivity index (χ4n) is 2.08. The molecule has 1 fully saturated rings. The second-order valence-corrected chi connectivity index (χ2v) is 8.90. The maximum Gasteiger partial charge on any atom is 0.164 e. The summed E-state index contributed by atoms with van der Waals surface area (Å²) in [6, 6.07) is 1.91. The maximum absolute atomic E-state index is 11.9. The van der Waals surface area contributed by atoms with Crippen LogP contribution in [0.2, 0.25) is 0 Å². The molecular formula is C13H17NO3S3. The van der Waals surface area contributed by atoms with E-state index in [1.54, 1.807) is 23.1 Å². The highest BCUT2D eigenvalue weighted by Crippen LogP contribution is 2.25. The van der Waals surface area contributed by atoms with E-state index in [0.717, 1.165) is 22.7 Å².